The molecule has 5 rings (SSSR count). The number of amides is 2. The SMILES string of the molecule is CC(=O)OCC(O)(C#Cc1ccc(OCc2ccccc2)c(C2CC(=O)N2c2ccc(C#Cc3nc(C(N)=O)cs3)cc2)c1)COC(C)=O. The van der Waals surface area contributed by atoms with Crippen LogP contribution in [0.2, 0.25) is 0 Å². The number of carbonyl (C=O) groups is 4. The van der Waals surface area contributed by atoms with Gasteiger partial charge in [0, 0.05) is 41.6 Å². The average molecular weight is 678 g/mol. The topological polar surface area (TPSA) is 158 Å². The number of β-lactam (4-membered cyclic amide) rings is 1. The summed E-state index contributed by atoms with van der Waals surface area (Å²) in [5.41, 5.74) is 6.95. The predicted molar refractivity (Wildman–Crippen MR) is 180 cm³/mol. The second kappa shape index (κ2) is 15.3. The Hall–Kier alpha value is -5.95. The van der Waals surface area contributed by atoms with Crippen molar-refractivity contribution in [3.8, 4) is 29.4 Å². The van der Waals surface area contributed by atoms with E-state index in [-0.39, 0.29) is 30.7 Å². The number of primary amides is 1. The molecule has 1 atom stereocenters. The maximum atomic E-state index is 13.0. The monoisotopic (exact) mass is 677 g/mol. The lowest BCUT2D eigenvalue weighted by Crippen LogP contribution is -2.46. The largest absolute Gasteiger partial charge is 0.489 e. The van der Waals surface area contributed by atoms with Crippen molar-refractivity contribution in [1.82, 2.24) is 4.98 Å². The van der Waals surface area contributed by atoms with Crippen LogP contribution in [0, 0.1) is 23.7 Å². The summed E-state index contributed by atoms with van der Waals surface area (Å²) in [6.45, 7) is 1.67. The molecular weight excluding hydrogens is 646 g/mol. The van der Waals surface area contributed by atoms with E-state index >= 15 is 0 Å². The molecule has 248 valence electrons. The minimum Gasteiger partial charge on any atom is -0.489 e. The van der Waals surface area contributed by atoms with Crippen LogP contribution in [0.4, 0.5) is 5.69 Å². The molecule has 0 aliphatic carbocycles. The summed E-state index contributed by atoms with van der Waals surface area (Å²) in [5.74, 6) is 10.1. The van der Waals surface area contributed by atoms with E-state index < -0.39 is 36.7 Å². The van der Waals surface area contributed by atoms with Crippen molar-refractivity contribution in [1.29, 1.82) is 0 Å². The van der Waals surface area contributed by atoms with Crippen LogP contribution >= 0.6 is 11.3 Å². The number of ether oxygens (including phenoxy) is 3. The molecule has 2 heterocycles. The lowest BCUT2D eigenvalue weighted by Gasteiger charge is -2.41. The van der Waals surface area contributed by atoms with Gasteiger partial charge in [0.05, 0.1) is 12.5 Å². The minimum absolute atomic E-state index is 0.0896. The highest BCUT2D eigenvalue weighted by molar-refractivity contribution is 7.10. The fourth-order valence-electron chi connectivity index (χ4n) is 4.76. The van der Waals surface area contributed by atoms with Gasteiger partial charge in [0.2, 0.25) is 5.91 Å². The van der Waals surface area contributed by atoms with Crippen LogP contribution < -0.4 is 15.4 Å². The molecular formula is C37H31N3O8S. The number of aromatic nitrogens is 1. The van der Waals surface area contributed by atoms with E-state index in [1.54, 1.807) is 52.7 Å². The summed E-state index contributed by atoms with van der Waals surface area (Å²) in [6, 6.07) is 21.7. The predicted octanol–water partition coefficient (Wildman–Crippen LogP) is 3.91. The Morgan fingerprint density at radius 3 is 2.24 bits per heavy atom. The number of rotatable bonds is 10. The van der Waals surface area contributed by atoms with Crippen LogP contribution in [0.3, 0.4) is 0 Å². The highest BCUT2D eigenvalue weighted by atomic mass is 32.1. The molecule has 1 aliphatic heterocycles. The van der Waals surface area contributed by atoms with E-state index in [9.17, 15) is 24.3 Å². The molecule has 11 nitrogen and oxygen atoms in total. The summed E-state index contributed by atoms with van der Waals surface area (Å²) >= 11 is 1.22. The second-order valence-electron chi connectivity index (χ2n) is 11.1. The molecule has 2 amide bonds. The number of nitrogens with two attached hydrogens (primary N) is 1. The highest BCUT2D eigenvalue weighted by Gasteiger charge is 2.40. The first-order chi connectivity index (χ1) is 23.5. The number of aliphatic hydroxyl groups is 1. The van der Waals surface area contributed by atoms with Crippen molar-refractivity contribution < 1.29 is 38.5 Å². The van der Waals surface area contributed by atoms with Gasteiger partial charge in [0.15, 0.2) is 10.6 Å². The van der Waals surface area contributed by atoms with Crippen LogP contribution in [0.25, 0.3) is 0 Å². The van der Waals surface area contributed by atoms with E-state index in [2.05, 4.69) is 28.7 Å². The first-order valence-corrected chi connectivity index (χ1v) is 15.9. The molecule has 0 spiro atoms. The molecule has 1 aromatic heterocycles. The lowest BCUT2D eigenvalue weighted by atomic mass is 9.90. The maximum Gasteiger partial charge on any atom is 0.302 e. The summed E-state index contributed by atoms with van der Waals surface area (Å²) < 4.78 is 16.2. The first kappa shape index (κ1) is 34.4. The maximum absolute atomic E-state index is 13.0. The molecule has 0 saturated carbocycles. The van der Waals surface area contributed by atoms with Gasteiger partial charge in [-0.05, 0) is 53.9 Å². The lowest BCUT2D eigenvalue weighted by molar-refractivity contribution is -0.154. The molecule has 0 radical (unpaired) electrons. The van der Waals surface area contributed by atoms with Crippen LogP contribution in [0.1, 0.15) is 64.1 Å². The van der Waals surface area contributed by atoms with Crippen molar-refractivity contribution in [3.05, 3.63) is 111 Å². The fourth-order valence-corrected chi connectivity index (χ4v) is 5.42. The van der Waals surface area contributed by atoms with Crippen molar-refractivity contribution in [3.63, 3.8) is 0 Å². The van der Waals surface area contributed by atoms with Gasteiger partial charge in [-0.3, -0.25) is 19.2 Å². The molecule has 0 bridgehead atoms. The van der Waals surface area contributed by atoms with Gasteiger partial charge in [-0.15, -0.1) is 11.3 Å². The van der Waals surface area contributed by atoms with Crippen molar-refractivity contribution in [2.24, 2.45) is 5.73 Å². The number of nitrogens with zero attached hydrogens (tertiary/aromatic N) is 2. The first-order valence-electron chi connectivity index (χ1n) is 15.0. The highest BCUT2D eigenvalue weighted by Crippen LogP contribution is 2.43. The number of thiazole rings is 1. The van der Waals surface area contributed by atoms with Gasteiger partial charge in [0.25, 0.3) is 5.91 Å². The van der Waals surface area contributed by atoms with Crippen LogP contribution in [0.15, 0.2) is 78.2 Å². The van der Waals surface area contributed by atoms with Gasteiger partial charge in [0.1, 0.15) is 31.3 Å². The number of esters is 2. The molecule has 1 unspecified atom stereocenters. The van der Waals surface area contributed by atoms with Gasteiger partial charge in [-0.2, -0.15) is 0 Å². The summed E-state index contributed by atoms with van der Waals surface area (Å²) in [6.07, 6.45) is 0.217. The fraction of sp³-hybridized carbons (Fsp3) is 0.216. The number of hydrogen-bond acceptors (Lipinski definition) is 10. The smallest absolute Gasteiger partial charge is 0.302 e. The number of carbonyl (C=O) groups excluding carboxylic acids is 4. The third-order valence-electron chi connectivity index (χ3n) is 7.24. The molecule has 3 aromatic carbocycles. The Bertz CT molecular complexity index is 1980. The van der Waals surface area contributed by atoms with E-state index in [0.29, 0.717) is 33.1 Å². The van der Waals surface area contributed by atoms with Crippen LogP contribution in [-0.4, -0.2) is 52.7 Å². The zero-order valence-electron chi connectivity index (χ0n) is 26.6. The van der Waals surface area contributed by atoms with Crippen molar-refractivity contribution in [2.75, 3.05) is 18.1 Å². The normalized spacial score (nSPS) is 13.6. The average Bonchev–Trinajstić information content (AvgIpc) is 3.57. The number of anilines is 1. The Labute approximate surface area is 286 Å². The van der Waals surface area contributed by atoms with E-state index in [0.717, 1.165) is 5.56 Å². The third-order valence-corrected chi connectivity index (χ3v) is 8.00. The molecule has 12 heteroatoms. The van der Waals surface area contributed by atoms with Crippen molar-refractivity contribution >= 4 is 40.8 Å². The molecule has 1 fully saturated rings. The van der Waals surface area contributed by atoms with Gasteiger partial charge < -0.3 is 30.0 Å². The summed E-state index contributed by atoms with van der Waals surface area (Å²) in [5, 5.41) is 13.0. The number of hydrogen-bond donors (Lipinski definition) is 2. The Balaban J connectivity index is 1.43. The van der Waals surface area contributed by atoms with E-state index in [1.807, 2.05) is 30.3 Å². The van der Waals surface area contributed by atoms with Crippen LogP contribution in [0.5, 0.6) is 5.75 Å². The zero-order valence-corrected chi connectivity index (χ0v) is 27.4. The number of benzene rings is 3. The summed E-state index contributed by atoms with van der Waals surface area (Å²) in [7, 11) is 0. The van der Waals surface area contributed by atoms with Crippen LogP contribution in [-0.2, 0) is 30.5 Å². The Morgan fingerprint density at radius 1 is 0.959 bits per heavy atom. The van der Waals surface area contributed by atoms with Crippen molar-refractivity contribution in [2.45, 2.75) is 38.5 Å². The molecule has 4 aromatic rings. The molecule has 3 N–H and O–H groups in total. The third kappa shape index (κ3) is 9.11. The molecule has 1 saturated heterocycles. The Morgan fingerprint density at radius 2 is 1.63 bits per heavy atom. The molecule has 49 heavy (non-hydrogen) atoms. The standard InChI is InChI=1S/C37H31N3O8S/c1-24(41)47-22-37(45,23-48-25(2)42)17-16-27-10-14-33(46-20-28-6-4-3-5-7-28)30(18-27)32-19-35(43)40(32)29-12-8-26(9-13-29)11-15-34-39-31(21-49-34)36(38)44/h3-10,12-14,18,21,32,45H,19-20,22-23H2,1-2H3,(H2,38,44). The zero-order chi connectivity index (χ0) is 35.0. The van der Waals surface area contributed by atoms with Gasteiger partial charge in [-0.1, -0.05) is 48.1 Å². The Kier molecular flexibility index (Phi) is 10.7. The summed E-state index contributed by atoms with van der Waals surface area (Å²) in [4.78, 5) is 52.9. The van der Waals surface area contributed by atoms with Gasteiger partial charge in [-0.25, -0.2) is 4.98 Å². The quantitative estimate of drug-likeness (QED) is 0.144. The second-order valence-corrected chi connectivity index (χ2v) is 11.9. The minimum atomic E-state index is -1.95. The van der Waals surface area contributed by atoms with E-state index in [1.165, 1.54) is 25.2 Å². The van der Waals surface area contributed by atoms with Gasteiger partial charge >= 0.3 is 11.9 Å². The molecule has 1 aliphatic rings. The van der Waals surface area contributed by atoms with E-state index in [4.69, 9.17) is 19.9 Å².